The summed E-state index contributed by atoms with van der Waals surface area (Å²) in [7, 11) is 0. The molecule has 1 aromatic rings. The van der Waals surface area contributed by atoms with Crippen molar-refractivity contribution in [1.29, 1.82) is 0 Å². The van der Waals surface area contributed by atoms with Gasteiger partial charge in [0, 0.05) is 18.2 Å². The topological polar surface area (TPSA) is 58.6 Å². The molecule has 1 amide bonds. The molecule has 1 saturated carbocycles. The molecule has 1 N–H and O–H groups in total. The van der Waals surface area contributed by atoms with Gasteiger partial charge in [-0.15, -0.1) is 0 Å². The summed E-state index contributed by atoms with van der Waals surface area (Å²) in [4.78, 5) is 26.8. The minimum Gasteiger partial charge on any atom is -0.444 e. The number of carbonyl (C=O) groups is 2. The molecule has 25 heavy (non-hydrogen) atoms. The van der Waals surface area contributed by atoms with E-state index in [4.69, 9.17) is 4.74 Å². The maximum Gasteiger partial charge on any atom is 0.408 e. The van der Waals surface area contributed by atoms with Crippen LogP contribution in [0, 0.1) is 0 Å². The number of ketones is 1. The minimum atomic E-state index is -0.528. The van der Waals surface area contributed by atoms with E-state index in [-0.39, 0.29) is 5.78 Å². The third-order valence-corrected chi connectivity index (χ3v) is 3.94. The molecule has 0 heterocycles. The van der Waals surface area contributed by atoms with Gasteiger partial charge in [0.1, 0.15) is 5.60 Å². The van der Waals surface area contributed by atoms with Gasteiger partial charge in [-0.2, -0.15) is 0 Å². The standard InChI is InChI=1S/C20H30N2O3/c1-19(2,3)25-18(24)21-20(4,5)14-22(16-11-12-16)13-17(23)15-9-7-6-8-10-15/h6-10,16H,11-14H2,1-5H3,(H,21,24). The first-order valence-electron chi connectivity index (χ1n) is 8.89. The summed E-state index contributed by atoms with van der Waals surface area (Å²) in [5, 5.41) is 2.92. The lowest BCUT2D eigenvalue weighted by molar-refractivity contribution is 0.0446. The molecule has 0 aromatic heterocycles. The molecule has 5 heteroatoms. The third-order valence-electron chi connectivity index (χ3n) is 3.94. The van der Waals surface area contributed by atoms with E-state index in [1.165, 1.54) is 0 Å². The first-order chi connectivity index (χ1) is 11.6. The van der Waals surface area contributed by atoms with Crippen molar-refractivity contribution in [3.8, 4) is 0 Å². The SMILES string of the molecule is CC(C)(CN(CC(=O)c1ccccc1)C1CC1)NC(=O)OC(C)(C)C. The molecule has 0 saturated heterocycles. The van der Waals surface area contributed by atoms with E-state index in [1.54, 1.807) is 0 Å². The summed E-state index contributed by atoms with van der Waals surface area (Å²) in [6, 6.07) is 9.77. The normalized spacial score (nSPS) is 15.1. The number of hydrogen-bond donors (Lipinski definition) is 1. The van der Waals surface area contributed by atoms with Crippen molar-refractivity contribution in [2.45, 2.75) is 64.6 Å². The molecule has 0 atom stereocenters. The van der Waals surface area contributed by atoms with E-state index in [9.17, 15) is 9.59 Å². The molecular formula is C20H30N2O3. The molecule has 1 aromatic carbocycles. The van der Waals surface area contributed by atoms with Gasteiger partial charge in [0.15, 0.2) is 5.78 Å². The van der Waals surface area contributed by atoms with Crippen LogP contribution in [0.25, 0.3) is 0 Å². The van der Waals surface area contributed by atoms with Crippen LogP contribution < -0.4 is 5.32 Å². The quantitative estimate of drug-likeness (QED) is 0.766. The lowest BCUT2D eigenvalue weighted by Crippen LogP contribution is -2.53. The molecule has 138 valence electrons. The number of amides is 1. The molecule has 1 fully saturated rings. The zero-order valence-corrected chi connectivity index (χ0v) is 16.0. The molecule has 0 bridgehead atoms. The molecule has 2 rings (SSSR count). The molecule has 0 unspecified atom stereocenters. The van der Waals surface area contributed by atoms with Crippen molar-refractivity contribution in [2.75, 3.05) is 13.1 Å². The second-order valence-corrected chi connectivity index (χ2v) is 8.44. The van der Waals surface area contributed by atoms with Crippen molar-refractivity contribution in [3.05, 3.63) is 35.9 Å². The Balaban J connectivity index is 1.96. The number of nitrogens with one attached hydrogen (secondary N) is 1. The van der Waals surface area contributed by atoms with Gasteiger partial charge in [0.25, 0.3) is 0 Å². The highest BCUT2D eigenvalue weighted by Crippen LogP contribution is 2.28. The van der Waals surface area contributed by atoms with Crippen molar-refractivity contribution >= 4 is 11.9 Å². The predicted octanol–water partition coefficient (Wildman–Crippen LogP) is 3.64. The monoisotopic (exact) mass is 346 g/mol. The van der Waals surface area contributed by atoms with Gasteiger partial charge in [-0.1, -0.05) is 30.3 Å². The molecule has 1 aliphatic carbocycles. The maximum atomic E-state index is 12.5. The van der Waals surface area contributed by atoms with Crippen LogP contribution in [-0.2, 0) is 4.74 Å². The predicted molar refractivity (Wildman–Crippen MR) is 98.8 cm³/mol. The molecular weight excluding hydrogens is 316 g/mol. The number of rotatable bonds is 7. The Labute approximate surface area is 150 Å². The highest BCUT2D eigenvalue weighted by Gasteiger charge is 2.35. The van der Waals surface area contributed by atoms with Crippen LogP contribution in [-0.4, -0.2) is 47.0 Å². The van der Waals surface area contributed by atoms with Crippen molar-refractivity contribution in [1.82, 2.24) is 10.2 Å². The highest BCUT2D eigenvalue weighted by atomic mass is 16.6. The Morgan fingerprint density at radius 2 is 1.72 bits per heavy atom. The zero-order valence-electron chi connectivity index (χ0n) is 16.0. The summed E-state index contributed by atoms with van der Waals surface area (Å²) in [5.74, 6) is 0.112. The highest BCUT2D eigenvalue weighted by molar-refractivity contribution is 5.97. The van der Waals surface area contributed by atoms with Crippen LogP contribution >= 0.6 is 0 Å². The van der Waals surface area contributed by atoms with Gasteiger partial charge in [0.2, 0.25) is 0 Å². The van der Waals surface area contributed by atoms with E-state index >= 15 is 0 Å². The number of alkyl carbamates (subject to hydrolysis) is 1. The minimum absolute atomic E-state index is 0.112. The van der Waals surface area contributed by atoms with Crippen LogP contribution in [0.1, 0.15) is 57.8 Å². The third kappa shape index (κ3) is 6.86. The fourth-order valence-electron chi connectivity index (χ4n) is 2.78. The molecule has 1 aliphatic rings. The molecule has 0 aliphatic heterocycles. The fourth-order valence-corrected chi connectivity index (χ4v) is 2.78. The number of carbonyl (C=O) groups excluding carboxylic acids is 2. The van der Waals surface area contributed by atoms with Crippen molar-refractivity contribution < 1.29 is 14.3 Å². The van der Waals surface area contributed by atoms with Gasteiger partial charge in [0.05, 0.1) is 12.1 Å². The smallest absolute Gasteiger partial charge is 0.408 e. The van der Waals surface area contributed by atoms with E-state index < -0.39 is 17.2 Å². The van der Waals surface area contributed by atoms with Gasteiger partial charge in [-0.25, -0.2) is 4.79 Å². The van der Waals surface area contributed by atoms with E-state index in [1.807, 2.05) is 65.0 Å². The summed E-state index contributed by atoms with van der Waals surface area (Å²) in [6.07, 6.45) is 1.78. The molecule has 5 nitrogen and oxygen atoms in total. The molecule has 0 radical (unpaired) electrons. The average Bonchev–Trinajstić information content (AvgIpc) is 3.28. The zero-order chi connectivity index (χ0) is 18.7. The second kappa shape index (κ2) is 7.56. The summed E-state index contributed by atoms with van der Waals surface area (Å²) < 4.78 is 5.35. The van der Waals surface area contributed by atoms with E-state index in [0.717, 1.165) is 18.4 Å². The summed E-state index contributed by atoms with van der Waals surface area (Å²) in [5.41, 5.74) is -0.285. The average molecular weight is 346 g/mol. The van der Waals surface area contributed by atoms with Crippen LogP contribution in [0.3, 0.4) is 0 Å². The second-order valence-electron chi connectivity index (χ2n) is 8.44. The van der Waals surface area contributed by atoms with Gasteiger partial charge < -0.3 is 10.1 Å². The Morgan fingerprint density at radius 3 is 2.24 bits per heavy atom. The van der Waals surface area contributed by atoms with Crippen LogP contribution in [0.4, 0.5) is 4.79 Å². The van der Waals surface area contributed by atoms with Gasteiger partial charge in [-0.3, -0.25) is 9.69 Å². The van der Waals surface area contributed by atoms with E-state index in [0.29, 0.717) is 19.1 Å². The summed E-state index contributed by atoms with van der Waals surface area (Å²) in [6.45, 7) is 10.4. The lowest BCUT2D eigenvalue weighted by Gasteiger charge is -2.34. The van der Waals surface area contributed by atoms with Crippen molar-refractivity contribution in [2.24, 2.45) is 0 Å². The Morgan fingerprint density at radius 1 is 1.12 bits per heavy atom. The maximum absolute atomic E-state index is 12.5. The Bertz CT molecular complexity index is 601. The number of nitrogens with zero attached hydrogens (tertiary/aromatic N) is 1. The van der Waals surface area contributed by atoms with Crippen LogP contribution in [0.2, 0.25) is 0 Å². The largest absolute Gasteiger partial charge is 0.444 e. The number of hydrogen-bond acceptors (Lipinski definition) is 4. The first-order valence-corrected chi connectivity index (χ1v) is 8.89. The van der Waals surface area contributed by atoms with Gasteiger partial charge >= 0.3 is 6.09 Å². The fraction of sp³-hybridized carbons (Fsp3) is 0.600. The number of benzene rings is 1. The first kappa shape index (κ1) is 19.4. The lowest BCUT2D eigenvalue weighted by atomic mass is 10.0. The number of Topliss-reactive ketones (excluding diaryl/α,β-unsaturated/α-hetero) is 1. The Hall–Kier alpha value is -1.88. The number of ether oxygens (including phenoxy) is 1. The van der Waals surface area contributed by atoms with Crippen LogP contribution in [0.15, 0.2) is 30.3 Å². The van der Waals surface area contributed by atoms with Gasteiger partial charge in [-0.05, 0) is 47.5 Å². The van der Waals surface area contributed by atoms with Crippen molar-refractivity contribution in [3.63, 3.8) is 0 Å². The Kier molecular flexibility index (Phi) is 5.88. The summed E-state index contributed by atoms with van der Waals surface area (Å²) >= 11 is 0. The van der Waals surface area contributed by atoms with Crippen LogP contribution in [0.5, 0.6) is 0 Å². The van der Waals surface area contributed by atoms with E-state index in [2.05, 4.69) is 10.2 Å². The molecule has 0 spiro atoms.